The van der Waals surface area contributed by atoms with Gasteiger partial charge >= 0.3 is 6.09 Å². The van der Waals surface area contributed by atoms with Crippen LogP contribution in [0.1, 0.15) is 12.8 Å². The molecular formula is C9H13NO2. The lowest BCUT2D eigenvalue weighted by atomic mass is 10.3. The second kappa shape index (κ2) is 3.43. The smallest absolute Gasteiger partial charge is 0.408 e. The molecule has 12 heavy (non-hydrogen) atoms. The molecule has 0 saturated heterocycles. The first-order valence-corrected chi connectivity index (χ1v) is 3.92. The zero-order valence-electron chi connectivity index (χ0n) is 7.01. The molecule has 0 heterocycles. The van der Waals surface area contributed by atoms with E-state index < -0.39 is 6.09 Å². The molecule has 0 unspecified atom stereocenters. The Balaban J connectivity index is 2.26. The van der Waals surface area contributed by atoms with Crippen LogP contribution < -0.4 is 5.32 Å². The summed E-state index contributed by atoms with van der Waals surface area (Å²) in [7, 11) is 0. The van der Waals surface area contributed by atoms with E-state index in [1.54, 1.807) is 6.08 Å². The average Bonchev–Trinajstić information content (AvgIpc) is 2.82. The molecule has 1 aliphatic carbocycles. The third-order valence-corrected chi connectivity index (χ3v) is 1.86. The van der Waals surface area contributed by atoms with Crippen LogP contribution in [0.5, 0.6) is 0 Å². The maximum absolute atomic E-state index is 11.0. The lowest BCUT2D eigenvalue weighted by molar-refractivity contribution is 0.155. The Morgan fingerprint density at radius 3 is 2.67 bits per heavy atom. The molecule has 0 radical (unpaired) electrons. The molecule has 1 N–H and O–H groups in total. The van der Waals surface area contributed by atoms with E-state index in [0.717, 1.165) is 12.8 Å². The highest BCUT2D eigenvalue weighted by Crippen LogP contribution is 2.36. The van der Waals surface area contributed by atoms with Crippen molar-refractivity contribution in [1.29, 1.82) is 0 Å². The van der Waals surface area contributed by atoms with Gasteiger partial charge < -0.3 is 10.1 Å². The van der Waals surface area contributed by atoms with Crippen LogP contribution in [-0.4, -0.2) is 18.2 Å². The highest BCUT2D eigenvalue weighted by atomic mass is 16.5. The largest absolute Gasteiger partial charge is 0.445 e. The van der Waals surface area contributed by atoms with Gasteiger partial charge in [-0.05, 0) is 12.8 Å². The van der Waals surface area contributed by atoms with Crippen molar-refractivity contribution in [3.8, 4) is 0 Å². The number of rotatable bonds is 4. The van der Waals surface area contributed by atoms with Gasteiger partial charge in [-0.3, -0.25) is 0 Å². The number of carbonyl (C=O) groups is 1. The molecule has 0 aromatic heterocycles. The summed E-state index contributed by atoms with van der Waals surface area (Å²) in [6.07, 6.45) is 4.81. The lowest BCUT2D eigenvalue weighted by Gasteiger charge is -2.11. The Labute approximate surface area is 72.1 Å². The number of alkyl carbamates (subject to hydrolysis) is 1. The number of ether oxygens (including phenoxy) is 1. The Hall–Kier alpha value is -1.25. The Kier molecular flexibility index (Phi) is 2.53. The highest BCUT2D eigenvalue weighted by Gasteiger charge is 2.41. The first-order valence-electron chi connectivity index (χ1n) is 3.92. The van der Waals surface area contributed by atoms with E-state index in [1.165, 1.54) is 6.08 Å². The predicted octanol–water partition coefficient (Wildman–Crippen LogP) is 1.62. The van der Waals surface area contributed by atoms with Crippen LogP contribution in [-0.2, 0) is 4.74 Å². The normalized spacial score (nSPS) is 17.7. The minimum atomic E-state index is -0.396. The fourth-order valence-electron chi connectivity index (χ4n) is 0.889. The van der Waals surface area contributed by atoms with Crippen molar-refractivity contribution < 1.29 is 9.53 Å². The van der Waals surface area contributed by atoms with Crippen LogP contribution in [0, 0.1) is 0 Å². The van der Waals surface area contributed by atoms with Crippen molar-refractivity contribution in [2.45, 2.75) is 18.4 Å². The average molecular weight is 167 g/mol. The summed E-state index contributed by atoms with van der Waals surface area (Å²) in [5, 5.41) is 2.72. The summed E-state index contributed by atoms with van der Waals surface area (Å²) in [5.74, 6) is 0. The first-order chi connectivity index (χ1) is 5.72. The van der Waals surface area contributed by atoms with Gasteiger partial charge in [-0.2, -0.15) is 0 Å². The molecule has 1 aliphatic rings. The Morgan fingerprint density at radius 2 is 2.25 bits per heavy atom. The van der Waals surface area contributed by atoms with Crippen molar-refractivity contribution in [3.63, 3.8) is 0 Å². The Bertz CT molecular complexity index is 207. The molecule has 1 rings (SSSR count). The number of nitrogens with one attached hydrogen (secondary N) is 1. The lowest BCUT2D eigenvalue weighted by Crippen LogP contribution is -2.35. The van der Waals surface area contributed by atoms with E-state index in [2.05, 4.69) is 18.5 Å². The van der Waals surface area contributed by atoms with Crippen molar-refractivity contribution in [1.82, 2.24) is 5.32 Å². The summed E-state index contributed by atoms with van der Waals surface area (Å²) in [4.78, 5) is 11.0. The van der Waals surface area contributed by atoms with Crippen molar-refractivity contribution >= 4 is 6.09 Å². The van der Waals surface area contributed by atoms with E-state index in [0.29, 0.717) is 0 Å². The van der Waals surface area contributed by atoms with Gasteiger partial charge in [0.15, 0.2) is 0 Å². The van der Waals surface area contributed by atoms with Crippen molar-refractivity contribution in [2.24, 2.45) is 0 Å². The van der Waals surface area contributed by atoms with Gasteiger partial charge in [0.25, 0.3) is 0 Å². The SMILES string of the molecule is C=CCOC(=O)NC1(C=C)CC1. The number of amides is 1. The molecule has 0 bridgehead atoms. The third-order valence-electron chi connectivity index (χ3n) is 1.86. The summed E-state index contributed by atoms with van der Waals surface area (Å²) in [6.45, 7) is 7.33. The highest BCUT2D eigenvalue weighted by molar-refractivity contribution is 5.69. The summed E-state index contributed by atoms with van der Waals surface area (Å²) >= 11 is 0. The standard InChI is InChI=1S/C9H13NO2/c1-3-7-12-8(11)10-9(4-2)5-6-9/h3-4H,1-2,5-7H2,(H,10,11). The fraction of sp³-hybridized carbons (Fsp3) is 0.444. The molecule has 1 fully saturated rings. The first kappa shape index (κ1) is 8.84. The van der Waals surface area contributed by atoms with E-state index in [4.69, 9.17) is 4.74 Å². The van der Waals surface area contributed by atoms with Gasteiger partial charge in [-0.15, -0.1) is 6.58 Å². The van der Waals surface area contributed by atoms with Crippen LogP contribution >= 0.6 is 0 Å². The van der Waals surface area contributed by atoms with Gasteiger partial charge in [0.2, 0.25) is 0 Å². The molecular weight excluding hydrogens is 154 g/mol. The molecule has 3 nitrogen and oxygen atoms in total. The molecule has 3 heteroatoms. The molecule has 66 valence electrons. The topological polar surface area (TPSA) is 38.3 Å². The molecule has 0 aliphatic heterocycles. The monoisotopic (exact) mass is 167 g/mol. The van der Waals surface area contributed by atoms with Gasteiger partial charge in [0.1, 0.15) is 6.61 Å². The predicted molar refractivity (Wildman–Crippen MR) is 46.8 cm³/mol. The van der Waals surface area contributed by atoms with Crippen LogP contribution in [0.25, 0.3) is 0 Å². The summed E-state index contributed by atoms with van der Waals surface area (Å²) in [6, 6.07) is 0. The second-order valence-electron chi connectivity index (χ2n) is 2.87. The summed E-state index contributed by atoms with van der Waals surface area (Å²) < 4.78 is 4.75. The molecule has 1 amide bonds. The van der Waals surface area contributed by atoms with Gasteiger partial charge in [-0.25, -0.2) is 4.79 Å². The number of hydrogen-bond donors (Lipinski definition) is 1. The van der Waals surface area contributed by atoms with E-state index in [9.17, 15) is 4.79 Å². The van der Waals surface area contributed by atoms with Crippen LogP contribution in [0.2, 0.25) is 0 Å². The second-order valence-corrected chi connectivity index (χ2v) is 2.87. The van der Waals surface area contributed by atoms with E-state index in [1.807, 2.05) is 0 Å². The van der Waals surface area contributed by atoms with Crippen LogP contribution in [0.4, 0.5) is 4.79 Å². The van der Waals surface area contributed by atoms with Gasteiger partial charge in [0.05, 0.1) is 5.54 Å². The number of hydrogen-bond acceptors (Lipinski definition) is 2. The van der Waals surface area contributed by atoms with E-state index in [-0.39, 0.29) is 12.1 Å². The minimum Gasteiger partial charge on any atom is -0.445 e. The van der Waals surface area contributed by atoms with Gasteiger partial charge in [-0.1, -0.05) is 18.7 Å². The Morgan fingerprint density at radius 1 is 1.58 bits per heavy atom. The quantitative estimate of drug-likeness (QED) is 0.646. The zero-order chi connectivity index (χ0) is 9.03. The third kappa shape index (κ3) is 2.12. The fourth-order valence-corrected chi connectivity index (χ4v) is 0.889. The van der Waals surface area contributed by atoms with E-state index >= 15 is 0 Å². The van der Waals surface area contributed by atoms with Crippen LogP contribution in [0.15, 0.2) is 25.3 Å². The minimum absolute atomic E-state index is 0.182. The zero-order valence-corrected chi connectivity index (χ0v) is 7.01. The van der Waals surface area contributed by atoms with Crippen LogP contribution in [0.3, 0.4) is 0 Å². The molecule has 1 saturated carbocycles. The molecule has 0 aromatic rings. The van der Waals surface area contributed by atoms with Crippen molar-refractivity contribution in [2.75, 3.05) is 6.61 Å². The van der Waals surface area contributed by atoms with Crippen molar-refractivity contribution in [3.05, 3.63) is 25.3 Å². The van der Waals surface area contributed by atoms with Gasteiger partial charge in [0, 0.05) is 0 Å². The maximum atomic E-state index is 11.0. The summed E-state index contributed by atoms with van der Waals surface area (Å²) in [5.41, 5.74) is -0.182. The maximum Gasteiger partial charge on any atom is 0.408 e. The molecule has 0 aromatic carbocycles. The molecule has 0 atom stereocenters. The molecule has 0 spiro atoms. The number of carbonyl (C=O) groups excluding carboxylic acids is 1.